The van der Waals surface area contributed by atoms with E-state index < -0.39 is 7.12 Å². The Morgan fingerprint density at radius 3 is 2.71 bits per heavy atom. The van der Waals surface area contributed by atoms with Gasteiger partial charge in [0.2, 0.25) is 0 Å². The number of rotatable bonds is 2. The highest BCUT2D eigenvalue weighted by atomic mass is 35.5. The molecule has 21 heavy (non-hydrogen) atoms. The van der Waals surface area contributed by atoms with E-state index in [4.69, 9.17) is 37.9 Å². The van der Waals surface area contributed by atoms with Crippen LogP contribution < -0.4 is 10.2 Å². The Morgan fingerprint density at radius 2 is 2.00 bits per heavy atom. The fourth-order valence-corrected chi connectivity index (χ4v) is 2.64. The molecule has 2 aromatic rings. The van der Waals surface area contributed by atoms with Gasteiger partial charge in [0.05, 0.1) is 28.3 Å². The molecule has 0 spiro atoms. The van der Waals surface area contributed by atoms with Crippen LogP contribution in [0.4, 0.5) is 0 Å². The maximum atomic E-state index is 9.75. The van der Waals surface area contributed by atoms with Gasteiger partial charge in [0.25, 0.3) is 0 Å². The molecule has 1 aliphatic rings. The van der Waals surface area contributed by atoms with E-state index in [2.05, 4.69) is 0 Å². The Bertz CT molecular complexity index is 761. The average molecular weight is 320 g/mol. The first-order valence-electron chi connectivity index (χ1n) is 6.08. The molecule has 4 nitrogen and oxygen atoms in total. The molecule has 0 saturated heterocycles. The standard InChI is InChI=1S/C14H8BCl2NO3/c16-10-5-8(6-18)1-3-11(10)21-12-4-2-9-7-20-15(19)13(9)14(12)17/h1-5,19H,7H2. The maximum Gasteiger partial charge on any atom is 0.493 e. The van der Waals surface area contributed by atoms with E-state index in [-0.39, 0.29) is 5.02 Å². The highest BCUT2D eigenvalue weighted by Crippen LogP contribution is 2.34. The molecule has 0 fully saturated rings. The van der Waals surface area contributed by atoms with Gasteiger partial charge in [-0.2, -0.15) is 5.26 Å². The van der Waals surface area contributed by atoms with Crippen LogP contribution in [0, 0.1) is 11.3 Å². The van der Waals surface area contributed by atoms with E-state index in [1.807, 2.05) is 6.07 Å². The van der Waals surface area contributed by atoms with Gasteiger partial charge in [-0.3, -0.25) is 0 Å². The van der Waals surface area contributed by atoms with Crippen LogP contribution in [0.5, 0.6) is 11.5 Å². The first-order valence-corrected chi connectivity index (χ1v) is 6.84. The lowest BCUT2D eigenvalue weighted by Crippen LogP contribution is -2.29. The number of benzene rings is 2. The molecule has 1 aliphatic heterocycles. The van der Waals surface area contributed by atoms with Gasteiger partial charge in [-0.25, -0.2) is 0 Å². The van der Waals surface area contributed by atoms with Crippen LogP contribution in [-0.4, -0.2) is 12.1 Å². The molecule has 0 aromatic heterocycles. The number of halogens is 2. The lowest BCUT2D eigenvalue weighted by atomic mass is 9.79. The number of nitrogens with zero attached hydrogens (tertiary/aromatic N) is 1. The van der Waals surface area contributed by atoms with E-state index in [1.165, 1.54) is 6.07 Å². The molecule has 0 aliphatic carbocycles. The second kappa shape index (κ2) is 5.59. The molecule has 0 atom stereocenters. The molecule has 3 rings (SSSR count). The minimum atomic E-state index is -1.05. The quantitative estimate of drug-likeness (QED) is 0.865. The Labute approximate surface area is 131 Å². The van der Waals surface area contributed by atoms with E-state index in [9.17, 15) is 5.02 Å². The van der Waals surface area contributed by atoms with Gasteiger partial charge < -0.3 is 14.4 Å². The third-order valence-corrected chi connectivity index (χ3v) is 3.84. The zero-order valence-electron chi connectivity index (χ0n) is 10.6. The first kappa shape index (κ1) is 14.2. The normalized spacial score (nSPS) is 13.0. The molecule has 0 bridgehead atoms. The van der Waals surface area contributed by atoms with Gasteiger partial charge in [-0.1, -0.05) is 29.3 Å². The SMILES string of the molecule is N#Cc1ccc(Oc2ccc3c(c2Cl)B(O)OC3)c(Cl)c1. The second-order valence-corrected chi connectivity index (χ2v) is 5.26. The maximum absolute atomic E-state index is 9.75. The lowest BCUT2D eigenvalue weighted by molar-refractivity contribution is 0.275. The number of hydrogen-bond donors (Lipinski definition) is 1. The Kier molecular flexibility index (Phi) is 3.79. The molecule has 1 N–H and O–H groups in total. The first-order chi connectivity index (χ1) is 10.1. The van der Waals surface area contributed by atoms with Crippen molar-refractivity contribution in [1.82, 2.24) is 0 Å². The number of fused-ring (bicyclic) bond motifs is 1. The van der Waals surface area contributed by atoms with Crippen molar-refractivity contribution in [1.29, 1.82) is 5.26 Å². The summed E-state index contributed by atoms with van der Waals surface area (Å²) in [5.41, 5.74) is 1.78. The van der Waals surface area contributed by atoms with Crippen molar-refractivity contribution in [3.8, 4) is 17.6 Å². The van der Waals surface area contributed by atoms with E-state index in [0.717, 1.165) is 5.56 Å². The molecule has 2 aromatic carbocycles. The summed E-state index contributed by atoms with van der Waals surface area (Å²) >= 11 is 12.3. The lowest BCUT2D eigenvalue weighted by Gasteiger charge is -2.11. The smallest absolute Gasteiger partial charge is 0.454 e. The topological polar surface area (TPSA) is 62.5 Å². The number of nitriles is 1. The Balaban J connectivity index is 1.97. The highest BCUT2D eigenvalue weighted by Gasteiger charge is 2.31. The number of hydrogen-bond acceptors (Lipinski definition) is 4. The predicted molar refractivity (Wildman–Crippen MR) is 80.1 cm³/mol. The third-order valence-electron chi connectivity index (χ3n) is 3.16. The van der Waals surface area contributed by atoms with Crippen molar-refractivity contribution in [2.75, 3.05) is 0 Å². The van der Waals surface area contributed by atoms with Crippen LogP contribution in [0.3, 0.4) is 0 Å². The molecule has 7 heteroatoms. The summed E-state index contributed by atoms with van der Waals surface area (Å²) in [5.74, 6) is 0.748. The molecular formula is C14H8BCl2NO3. The van der Waals surface area contributed by atoms with Gasteiger partial charge in [0.1, 0.15) is 11.5 Å². The predicted octanol–water partition coefficient (Wildman–Crippen LogP) is 2.88. The monoisotopic (exact) mass is 319 g/mol. The minimum Gasteiger partial charge on any atom is -0.454 e. The molecule has 1 heterocycles. The van der Waals surface area contributed by atoms with Gasteiger partial charge in [-0.05, 0) is 29.8 Å². The summed E-state index contributed by atoms with van der Waals surface area (Å²) < 4.78 is 10.8. The van der Waals surface area contributed by atoms with Crippen LogP contribution in [0.2, 0.25) is 10.0 Å². The Morgan fingerprint density at radius 1 is 1.24 bits per heavy atom. The molecule has 0 unspecified atom stereocenters. The van der Waals surface area contributed by atoms with Crippen molar-refractivity contribution < 1.29 is 14.4 Å². The van der Waals surface area contributed by atoms with Crippen LogP contribution >= 0.6 is 23.2 Å². The van der Waals surface area contributed by atoms with Crippen molar-refractivity contribution in [3.05, 3.63) is 51.5 Å². The summed E-state index contributed by atoms with van der Waals surface area (Å²) in [5, 5.41) is 19.2. The fraction of sp³-hybridized carbons (Fsp3) is 0.0714. The third kappa shape index (κ3) is 2.59. The summed E-state index contributed by atoms with van der Waals surface area (Å²) in [4.78, 5) is 0. The molecule has 104 valence electrons. The van der Waals surface area contributed by atoms with Gasteiger partial charge in [0, 0.05) is 5.46 Å². The summed E-state index contributed by atoms with van der Waals surface area (Å²) in [6, 6.07) is 10.2. The van der Waals surface area contributed by atoms with Crippen LogP contribution in [0.25, 0.3) is 0 Å². The van der Waals surface area contributed by atoms with E-state index >= 15 is 0 Å². The Hall–Kier alpha value is -1.71. The van der Waals surface area contributed by atoms with Gasteiger partial charge in [0.15, 0.2) is 0 Å². The van der Waals surface area contributed by atoms with Crippen LogP contribution in [0.1, 0.15) is 11.1 Å². The minimum absolute atomic E-state index is 0.290. The van der Waals surface area contributed by atoms with Crippen molar-refractivity contribution in [3.63, 3.8) is 0 Å². The molecule has 0 saturated carbocycles. The summed E-state index contributed by atoms with van der Waals surface area (Å²) in [6.45, 7) is 0.314. The van der Waals surface area contributed by atoms with Crippen LogP contribution in [-0.2, 0) is 11.3 Å². The molecular weight excluding hydrogens is 312 g/mol. The fourth-order valence-electron chi connectivity index (χ4n) is 2.11. The summed E-state index contributed by atoms with van der Waals surface area (Å²) in [6.07, 6.45) is 0. The largest absolute Gasteiger partial charge is 0.493 e. The van der Waals surface area contributed by atoms with Gasteiger partial charge >= 0.3 is 7.12 Å². The van der Waals surface area contributed by atoms with E-state index in [1.54, 1.807) is 24.3 Å². The highest BCUT2D eigenvalue weighted by molar-refractivity contribution is 6.65. The average Bonchev–Trinajstić information content (AvgIpc) is 2.86. The molecule has 0 radical (unpaired) electrons. The van der Waals surface area contributed by atoms with Crippen molar-refractivity contribution in [2.45, 2.75) is 6.61 Å². The zero-order chi connectivity index (χ0) is 15.0. The van der Waals surface area contributed by atoms with Crippen LogP contribution in [0.15, 0.2) is 30.3 Å². The van der Waals surface area contributed by atoms with Crippen molar-refractivity contribution >= 4 is 35.8 Å². The van der Waals surface area contributed by atoms with Crippen molar-refractivity contribution in [2.24, 2.45) is 0 Å². The number of ether oxygens (including phenoxy) is 1. The van der Waals surface area contributed by atoms with E-state index in [0.29, 0.717) is 34.2 Å². The summed E-state index contributed by atoms with van der Waals surface area (Å²) in [7, 11) is -1.05. The molecule has 0 amide bonds. The van der Waals surface area contributed by atoms with Gasteiger partial charge in [-0.15, -0.1) is 0 Å². The zero-order valence-corrected chi connectivity index (χ0v) is 12.1. The second-order valence-electron chi connectivity index (χ2n) is 4.47.